The van der Waals surface area contributed by atoms with Gasteiger partial charge in [-0.1, -0.05) is 104 Å². The van der Waals surface area contributed by atoms with Gasteiger partial charge in [0, 0.05) is 30.8 Å². The van der Waals surface area contributed by atoms with Gasteiger partial charge in [-0.25, -0.2) is 9.67 Å². The van der Waals surface area contributed by atoms with E-state index in [2.05, 4.69) is 49.9 Å². The van der Waals surface area contributed by atoms with Crippen LogP contribution < -0.4 is 5.32 Å². The van der Waals surface area contributed by atoms with Crippen LogP contribution in [0, 0.1) is 5.92 Å². The Hall–Kier alpha value is -5.01. The number of carbonyl (C=O) groups is 1. The summed E-state index contributed by atoms with van der Waals surface area (Å²) in [6, 6.07) is 31.5. The van der Waals surface area contributed by atoms with E-state index in [4.69, 9.17) is 9.47 Å². The van der Waals surface area contributed by atoms with Gasteiger partial charge in [0.15, 0.2) is 6.29 Å². The van der Waals surface area contributed by atoms with E-state index < -0.39 is 6.29 Å². The van der Waals surface area contributed by atoms with Crippen molar-refractivity contribution in [3.05, 3.63) is 131 Å². The van der Waals surface area contributed by atoms with Gasteiger partial charge in [0.05, 0.1) is 36.0 Å². The van der Waals surface area contributed by atoms with E-state index in [-0.39, 0.29) is 36.3 Å². The normalized spacial score (nSPS) is 19.2. The van der Waals surface area contributed by atoms with Gasteiger partial charge in [-0.3, -0.25) is 9.78 Å². The number of aromatic nitrogens is 6. The Morgan fingerprint density at radius 1 is 0.918 bits per heavy atom. The number of aliphatic hydroxyl groups excluding tert-OH is 1. The van der Waals surface area contributed by atoms with Crippen LogP contribution in [0.15, 0.2) is 108 Å². The number of rotatable bonds is 10. The monoisotopic (exact) mass is 673 g/mol. The van der Waals surface area contributed by atoms with Gasteiger partial charge in [0.1, 0.15) is 5.69 Å². The standard InChI is InChI=1S/C37H35N7O4S/c1-23-33(22-49-37-41-42-43-44(37)2)47-36(48-34(23)26-13-11-24(21-45)12-14-26)27-17-15-25(16-18-27)29-8-4-3-7-28(29)19-39-35(46)32-20-38-30-9-5-6-10-31(30)40-32/h3-18,20,23,33-34,36,45H,19,21-22H2,1-2H3,(H,39,46)/t23-,33+,34+,36+/m0/s1. The summed E-state index contributed by atoms with van der Waals surface area (Å²) in [6.45, 7) is 2.45. The van der Waals surface area contributed by atoms with Gasteiger partial charge in [-0.2, -0.15) is 0 Å². The lowest BCUT2D eigenvalue weighted by Crippen LogP contribution is -2.38. The van der Waals surface area contributed by atoms with Crippen molar-refractivity contribution in [2.45, 2.75) is 43.7 Å². The second-order valence-electron chi connectivity index (χ2n) is 11.9. The molecule has 4 atom stereocenters. The van der Waals surface area contributed by atoms with Crippen molar-refractivity contribution in [1.82, 2.24) is 35.5 Å². The van der Waals surface area contributed by atoms with Crippen LogP contribution in [0.5, 0.6) is 0 Å². The van der Waals surface area contributed by atoms with Gasteiger partial charge in [-0.05, 0) is 50.4 Å². The van der Waals surface area contributed by atoms with Gasteiger partial charge in [-0.15, -0.1) is 5.10 Å². The first kappa shape index (κ1) is 32.5. The molecule has 1 amide bonds. The number of hydrogen-bond acceptors (Lipinski definition) is 10. The summed E-state index contributed by atoms with van der Waals surface area (Å²) in [5.41, 5.74) is 7.43. The number of fused-ring (bicyclic) bond motifs is 1. The second kappa shape index (κ2) is 14.6. The fourth-order valence-corrected chi connectivity index (χ4v) is 6.93. The van der Waals surface area contributed by atoms with E-state index in [1.165, 1.54) is 6.20 Å². The number of carbonyl (C=O) groups excluding carboxylic acids is 1. The highest BCUT2D eigenvalue weighted by molar-refractivity contribution is 7.99. The number of thioether (sulfide) groups is 1. The molecule has 6 aromatic rings. The van der Waals surface area contributed by atoms with Crippen molar-refractivity contribution >= 4 is 28.7 Å². The molecule has 0 aliphatic carbocycles. The minimum absolute atomic E-state index is 0.0148. The summed E-state index contributed by atoms with van der Waals surface area (Å²) in [7, 11) is 1.82. The number of ether oxygens (including phenoxy) is 2. The molecule has 3 heterocycles. The molecule has 1 fully saturated rings. The number of nitrogens with one attached hydrogen (secondary N) is 1. The average molecular weight is 674 g/mol. The summed E-state index contributed by atoms with van der Waals surface area (Å²) >= 11 is 1.55. The molecule has 49 heavy (non-hydrogen) atoms. The Morgan fingerprint density at radius 3 is 2.41 bits per heavy atom. The van der Waals surface area contributed by atoms with Crippen LogP contribution in [0.1, 0.15) is 52.1 Å². The molecular weight excluding hydrogens is 639 g/mol. The molecule has 2 aromatic heterocycles. The third-order valence-electron chi connectivity index (χ3n) is 8.71. The quantitative estimate of drug-likeness (QED) is 0.171. The van der Waals surface area contributed by atoms with Crippen LogP contribution in [-0.2, 0) is 29.7 Å². The molecular formula is C37H35N7O4S. The minimum Gasteiger partial charge on any atom is -0.392 e. The van der Waals surface area contributed by atoms with E-state index in [0.717, 1.165) is 38.9 Å². The Morgan fingerprint density at radius 2 is 1.65 bits per heavy atom. The number of hydrogen-bond donors (Lipinski definition) is 2. The molecule has 11 nitrogen and oxygen atoms in total. The molecule has 1 aliphatic rings. The first-order valence-corrected chi connectivity index (χ1v) is 17.0. The maximum absolute atomic E-state index is 13.0. The van der Waals surface area contributed by atoms with Crippen molar-refractivity contribution < 1.29 is 19.4 Å². The molecule has 2 N–H and O–H groups in total. The number of aryl methyl sites for hydroxylation is 1. The van der Waals surface area contributed by atoms with Crippen molar-refractivity contribution in [1.29, 1.82) is 0 Å². The maximum atomic E-state index is 13.0. The average Bonchev–Trinajstić information content (AvgIpc) is 3.57. The lowest BCUT2D eigenvalue weighted by molar-refractivity contribution is -0.268. The molecule has 1 aliphatic heterocycles. The Balaban J connectivity index is 1.09. The highest BCUT2D eigenvalue weighted by Gasteiger charge is 2.38. The number of nitrogens with zero attached hydrogens (tertiary/aromatic N) is 6. The number of amides is 1. The Bertz CT molecular complexity index is 2060. The molecule has 0 unspecified atom stereocenters. The summed E-state index contributed by atoms with van der Waals surface area (Å²) < 4.78 is 14.9. The number of aliphatic hydroxyl groups is 1. The first-order chi connectivity index (χ1) is 24.0. The zero-order valence-electron chi connectivity index (χ0n) is 27.0. The van der Waals surface area contributed by atoms with Crippen molar-refractivity contribution in [3.63, 3.8) is 0 Å². The summed E-state index contributed by atoms with van der Waals surface area (Å²) in [5, 5.41) is 25.1. The van der Waals surface area contributed by atoms with Crippen LogP contribution >= 0.6 is 11.8 Å². The lowest BCUT2D eigenvalue weighted by atomic mass is 9.91. The molecule has 12 heteroatoms. The largest absolute Gasteiger partial charge is 0.392 e. The highest BCUT2D eigenvalue weighted by atomic mass is 32.2. The van der Waals surface area contributed by atoms with Crippen LogP contribution in [0.3, 0.4) is 0 Å². The molecule has 248 valence electrons. The minimum atomic E-state index is -0.603. The third kappa shape index (κ3) is 7.22. The molecule has 7 rings (SSSR count). The van der Waals surface area contributed by atoms with E-state index in [1.807, 2.05) is 92.0 Å². The molecule has 0 bridgehead atoms. The summed E-state index contributed by atoms with van der Waals surface area (Å²) in [4.78, 5) is 21.8. The van der Waals surface area contributed by atoms with E-state index >= 15 is 0 Å². The van der Waals surface area contributed by atoms with Crippen LogP contribution in [0.4, 0.5) is 0 Å². The SMILES string of the molecule is C[C@H]1[C@@H](CSc2nnnn2C)O[C@@H](c2ccc(-c3ccccc3CNC(=O)c3cnc4ccccc4n3)cc2)O[C@H]1c1ccc(CO)cc1. The number of tetrazole rings is 1. The van der Waals surface area contributed by atoms with Gasteiger partial charge < -0.3 is 19.9 Å². The fourth-order valence-electron chi connectivity index (χ4n) is 5.92. The van der Waals surface area contributed by atoms with Crippen molar-refractivity contribution in [2.75, 3.05) is 5.75 Å². The van der Waals surface area contributed by atoms with E-state index in [1.54, 1.807) is 16.4 Å². The Labute approximate surface area is 287 Å². The predicted molar refractivity (Wildman–Crippen MR) is 185 cm³/mol. The molecule has 4 aromatic carbocycles. The second-order valence-corrected chi connectivity index (χ2v) is 12.9. The van der Waals surface area contributed by atoms with Gasteiger partial charge in [0.2, 0.25) is 5.16 Å². The smallest absolute Gasteiger partial charge is 0.271 e. The van der Waals surface area contributed by atoms with Gasteiger partial charge in [0.25, 0.3) is 5.91 Å². The predicted octanol–water partition coefficient (Wildman–Crippen LogP) is 5.83. The van der Waals surface area contributed by atoms with E-state index in [0.29, 0.717) is 23.0 Å². The topological polar surface area (TPSA) is 137 Å². The zero-order valence-corrected chi connectivity index (χ0v) is 27.8. The highest BCUT2D eigenvalue weighted by Crippen LogP contribution is 2.43. The molecule has 0 spiro atoms. The molecule has 1 saturated heterocycles. The first-order valence-electron chi connectivity index (χ1n) is 16.0. The lowest BCUT2D eigenvalue weighted by Gasteiger charge is -2.41. The summed E-state index contributed by atoms with van der Waals surface area (Å²) in [5.74, 6) is 0.391. The number of benzene rings is 4. The van der Waals surface area contributed by atoms with Crippen LogP contribution in [0.2, 0.25) is 0 Å². The molecule has 0 radical (unpaired) electrons. The van der Waals surface area contributed by atoms with Crippen LogP contribution in [-0.4, -0.2) is 53.0 Å². The van der Waals surface area contributed by atoms with E-state index in [9.17, 15) is 9.90 Å². The van der Waals surface area contributed by atoms with Crippen molar-refractivity contribution in [2.24, 2.45) is 13.0 Å². The third-order valence-corrected chi connectivity index (χ3v) is 9.81. The van der Waals surface area contributed by atoms with Gasteiger partial charge >= 0.3 is 0 Å². The zero-order chi connectivity index (χ0) is 33.7. The summed E-state index contributed by atoms with van der Waals surface area (Å²) in [6.07, 6.45) is 0.516. The Kier molecular flexibility index (Phi) is 9.71. The van der Waals surface area contributed by atoms with Crippen molar-refractivity contribution in [3.8, 4) is 11.1 Å². The van der Waals surface area contributed by atoms with Crippen LogP contribution in [0.25, 0.3) is 22.2 Å². The number of para-hydroxylation sites is 2. The fraction of sp³-hybridized carbons (Fsp3) is 0.243. The molecule has 0 saturated carbocycles. The maximum Gasteiger partial charge on any atom is 0.271 e.